The molecule has 0 fully saturated rings. The maximum absolute atomic E-state index is 14.7. The van der Waals surface area contributed by atoms with Crippen LogP contribution >= 0.6 is 11.6 Å². The summed E-state index contributed by atoms with van der Waals surface area (Å²) in [6.45, 7) is 1.81. The van der Waals surface area contributed by atoms with Crippen molar-refractivity contribution in [3.63, 3.8) is 0 Å². The number of nitrogens with zero attached hydrogens (tertiary/aromatic N) is 1. The Morgan fingerprint density at radius 3 is 2.48 bits per heavy atom. The van der Waals surface area contributed by atoms with E-state index in [2.05, 4.69) is 0 Å². The van der Waals surface area contributed by atoms with Gasteiger partial charge in [-0.25, -0.2) is 9.18 Å². The number of aromatic carboxylic acids is 1. The van der Waals surface area contributed by atoms with Gasteiger partial charge in [0.2, 0.25) is 0 Å². The van der Waals surface area contributed by atoms with E-state index in [4.69, 9.17) is 16.7 Å². The second-order valence-corrected chi connectivity index (χ2v) is 7.07. The molecule has 144 valence electrons. The molecule has 0 atom stereocenters. The third kappa shape index (κ3) is 3.19. The third-order valence-electron chi connectivity index (χ3n) is 4.86. The summed E-state index contributed by atoms with van der Waals surface area (Å²) in [7, 11) is 0. The predicted octanol–water partition coefficient (Wildman–Crippen LogP) is 5.66. The summed E-state index contributed by atoms with van der Waals surface area (Å²) in [6, 6.07) is 16.1. The number of rotatable bonds is 4. The van der Waals surface area contributed by atoms with Crippen LogP contribution in [0.15, 0.2) is 66.9 Å². The van der Waals surface area contributed by atoms with E-state index in [0.29, 0.717) is 27.1 Å². The molecule has 29 heavy (non-hydrogen) atoms. The highest BCUT2D eigenvalue weighted by molar-refractivity contribution is 6.35. The third-order valence-corrected chi connectivity index (χ3v) is 5.17. The summed E-state index contributed by atoms with van der Waals surface area (Å²) in [5.41, 5.74) is 2.17. The molecule has 4 rings (SSSR count). The number of halogens is 2. The van der Waals surface area contributed by atoms with E-state index < -0.39 is 11.8 Å². The minimum atomic E-state index is -1.21. The van der Waals surface area contributed by atoms with Crippen molar-refractivity contribution < 1.29 is 19.1 Å². The number of ketones is 1. The van der Waals surface area contributed by atoms with Gasteiger partial charge in [0.1, 0.15) is 5.82 Å². The summed E-state index contributed by atoms with van der Waals surface area (Å²) < 4.78 is 16.2. The molecule has 0 aliphatic heterocycles. The van der Waals surface area contributed by atoms with Gasteiger partial charge in [-0.15, -0.1) is 0 Å². The zero-order valence-corrected chi connectivity index (χ0v) is 16.1. The number of carbonyl (C=O) groups is 2. The minimum absolute atomic E-state index is 0.147. The maximum atomic E-state index is 14.7. The number of hydrogen-bond donors (Lipinski definition) is 1. The molecule has 0 unspecified atom stereocenters. The minimum Gasteiger partial charge on any atom is -0.478 e. The SMILES string of the molecule is Cc1cccc(Cl)c1C(=O)c1cn(-c2ccc(C(=O)O)cc2F)c2ccccc12. The lowest BCUT2D eigenvalue weighted by Gasteiger charge is -2.07. The fraction of sp³-hybridized carbons (Fsp3) is 0.0435. The van der Waals surface area contributed by atoms with Crippen LogP contribution in [-0.4, -0.2) is 21.4 Å². The van der Waals surface area contributed by atoms with Crippen LogP contribution in [0.2, 0.25) is 5.02 Å². The van der Waals surface area contributed by atoms with Crippen molar-refractivity contribution in [2.45, 2.75) is 6.92 Å². The predicted molar refractivity (Wildman–Crippen MR) is 110 cm³/mol. The highest BCUT2D eigenvalue weighted by Gasteiger charge is 2.22. The Labute approximate surface area is 170 Å². The second-order valence-electron chi connectivity index (χ2n) is 6.66. The molecule has 0 radical (unpaired) electrons. The summed E-state index contributed by atoms with van der Waals surface area (Å²) >= 11 is 6.28. The van der Waals surface area contributed by atoms with E-state index in [-0.39, 0.29) is 17.0 Å². The maximum Gasteiger partial charge on any atom is 0.335 e. The van der Waals surface area contributed by atoms with Crippen LogP contribution in [0.25, 0.3) is 16.6 Å². The van der Waals surface area contributed by atoms with Gasteiger partial charge in [-0.3, -0.25) is 4.79 Å². The fourth-order valence-electron chi connectivity index (χ4n) is 3.45. The molecule has 4 nitrogen and oxygen atoms in total. The lowest BCUT2D eigenvalue weighted by Crippen LogP contribution is -2.04. The van der Waals surface area contributed by atoms with Gasteiger partial charge in [0, 0.05) is 22.7 Å². The molecule has 0 aliphatic rings. The van der Waals surface area contributed by atoms with Crippen molar-refractivity contribution >= 4 is 34.3 Å². The number of aryl methyl sites for hydroxylation is 1. The van der Waals surface area contributed by atoms with Crippen LogP contribution in [0.1, 0.15) is 31.8 Å². The number of para-hydroxylation sites is 1. The summed E-state index contributed by atoms with van der Waals surface area (Å²) in [5.74, 6) is -2.16. The van der Waals surface area contributed by atoms with Crippen LogP contribution in [0.4, 0.5) is 4.39 Å². The van der Waals surface area contributed by atoms with Gasteiger partial charge in [0.25, 0.3) is 0 Å². The number of aromatic nitrogens is 1. The molecule has 0 saturated heterocycles. The number of carbonyl (C=O) groups excluding carboxylic acids is 1. The Bertz CT molecular complexity index is 1270. The zero-order valence-electron chi connectivity index (χ0n) is 15.3. The highest BCUT2D eigenvalue weighted by Crippen LogP contribution is 2.31. The standard InChI is InChI=1S/C23H15ClFNO3/c1-13-5-4-7-17(24)21(13)22(27)16-12-26(19-8-3-2-6-15(16)19)20-10-9-14(23(28)29)11-18(20)25/h2-12H,1H3,(H,28,29). The van der Waals surface area contributed by atoms with E-state index in [9.17, 15) is 14.0 Å². The van der Waals surface area contributed by atoms with E-state index in [1.54, 1.807) is 47.2 Å². The van der Waals surface area contributed by atoms with Gasteiger partial charge < -0.3 is 9.67 Å². The first-order valence-corrected chi connectivity index (χ1v) is 9.19. The van der Waals surface area contributed by atoms with Crippen molar-refractivity contribution in [2.75, 3.05) is 0 Å². The second kappa shape index (κ2) is 7.18. The first-order chi connectivity index (χ1) is 13.9. The molecule has 3 aromatic carbocycles. The smallest absolute Gasteiger partial charge is 0.335 e. The van der Waals surface area contributed by atoms with Crippen LogP contribution < -0.4 is 0 Å². The number of carboxylic acids is 1. The molecule has 4 aromatic rings. The van der Waals surface area contributed by atoms with Gasteiger partial charge in [-0.05, 0) is 42.8 Å². The van der Waals surface area contributed by atoms with E-state index >= 15 is 0 Å². The molecule has 0 aliphatic carbocycles. The average Bonchev–Trinajstić information content (AvgIpc) is 3.07. The van der Waals surface area contributed by atoms with E-state index in [1.807, 2.05) is 13.0 Å². The number of carboxylic acid groups (broad SMARTS) is 1. The molecule has 0 bridgehead atoms. The summed E-state index contributed by atoms with van der Waals surface area (Å²) in [5, 5.41) is 10.1. The first kappa shape index (κ1) is 18.9. The number of benzene rings is 3. The highest BCUT2D eigenvalue weighted by atomic mass is 35.5. The zero-order chi connectivity index (χ0) is 20.7. The number of fused-ring (bicyclic) bond motifs is 1. The van der Waals surface area contributed by atoms with Gasteiger partial charge in [0.15, 0.2) is 5.78 Å². The lowest BCUT2D eigenvalue weighted by molar-refractivity contribution is 0.0696. The van der Waals surface area contributed by atoms with Gasteiger partial charge in [-0.1, -0.05) is 41.9 Å². The average molecular weight is 408 g/mol. The van der Waals surface area contributed by atoms with E-state index in [1.165, 1.54) is 12.1 Å². The molecule has 0 saturated carbocycles. The molecule has 1 aromatic heterocycles. The van der Waals surface area contributed by atoms with Crippen LogP contribution in [0.3, 0.4) is 0 Å². The van der Waals surface area contributed by atoms with Crippen molar-refractivity contribution in [1.82, 2.24) is 4.57 Å². The lowest BCUT2D eigenvalue weighted by atomic mass is 9.99. The van der Waals surface area contributed by atoms with Crippen LogP contribution in [-0.2, 0) is 0 Å². The van der Waals surface area contributed by atoms with Crippen molar-refractivity contribution in [1.29, 1.82) is 0 Å². The van der Waals surface area contributed by atoms with Crippen LogP contribution in [0, 0.1) is 12.7 Å². The Kier molecular flexibility index (Phi) is 4.68. The fourth-order valence-corrected chi connectivity index (χ4v) is 3.76. The normalized spacial score (nSPS) is 11.0. The Morgan fingerprint density at radius 1 is 1.03 bits per heavy atom. The monoisotopic (exact) mass is 407 g/mol. The molecule has 1 N–H and O–H groups in total. The topological polar surface area (TPSA) is 59.3 Å². The molecule has 1 heterocycles. The molecular weight excluding hydrogens is 393 g/mol. The molecule has 0 amide bonds. The van der Waals surface area contributed by atoms with Crippen molar-refractivity contribution in [3.8, 4) is 5.69 Å². The Hall–Kier alpha value is -3.44. The summed E-state index contributed by atoms with van der Waals surface area (Å²) in [6.07, 6.45) is 1.56. The number of hydrogen-bond acceptors (Lipinski definition) is 2. The van der Waals surface area contributed by atoms with Gasteiger partial charge in [-0.2, -0.15) is 0 Å². The van der Waals surface area contributed by atoms with Crippen molar-refractivity contribution in [3.05, 3.63) is 100.0 Å². The first-order valence-electron chi connectivity index (χ1n) is 8.81. The largest absolute Gasteiger partial charge is 0.478 e. The van der Waals surface area contributed by atoms with E-state index in [0.717, 1.165) is 11.6 Å². The molecule has 6 heteroatoms. The molecule has 0 spiro atoms. The quantitative estimate of drug-likeness (QED) is 0.444. The van der Waals surface area contributed by atoms with Gasteiger partial charge in [0.05, 0.1) is 21.8 Å². The Morgan fingerprint density at radius 2 is 1.79 bits per heavy atom. The van der Waals surface area contributed by atoms with Gasteiger partial charge >= 0.3 is 5.97 Å². The molecular formula is C23H15ClFNO3. The summed E-state index contributed by atoms with van der Waals surface area (Å²) in [4.78, 5) is 24.4. The Balaban J connectivity index is 1.94. The van der Waals surface area contributed by atoms with Crippen molar-refractivity contribution in [2.24, 2.45) is 0 Å². The van der Waals surface area contributed by atoms with Crippen LogP contribution in [0.5, 0.6) is 0 Å².